The second-order valence-corrected chi connectivity index (χ2v) is 5.34. The van der Waals surface area contributed by atoms with Gasteiger partial charge in [-0.2, -0.15) is 5.10 Å². The molecule has 2 aromatic heterocycles. The van der Waals surface area contributed by atoms with Crippen molar-refractivity contribution in [3.8, 4) is 0 Å². The van der Waals surface area contributed by atoms with Crippen LogP contribution in [0, 0.1) is 0 Å². The molecule has 0 unspecified atom stereocenters. The van der Waals surface area contributed by atoms with E-state index in [4.69, 9.17) is 0 Å². The number of benzene rings is 1. The monoisotopic (exact) mass is 290 g/mol. The van der Waals surface area contributed by atoms with E-state index in [1.165, 1.54) is 17.9 Å². The van der Waals surface area contributed by atoms with Crippen LogP contribution in [0.1, 0.15) is 5.69 Å². The number of rotatable bonds is 5. The lowest BCUT2D eigenvalue weighted by Crippen LogP contribution is -1.99. The quantitative estimate of drug-likeness (QED) is 0.751. The fraction of sp³-hybridized carbons (Fsp3) is 0.0909. The van der Waals surface area contributed by atoms with Gasteiger partial charge in [0.05, 0.1) is 12.2 Å². The summed E-state index contributed by atoms with van der Waals surface area (Å²) in [5.41, 5.74) is 2.00. The molecule has 0 saturated carbocycles. The number of hydrogen-bond donors (Lipinski definition) is 2. The minimum Gasteiger partial charge on any atom is -0.379 e. The molecule has 1 aromatic carbocycles. The first-order valence-electron chi connectivity index (χ1n) is 5.53. The number of hydrogen-bond acceptors (Lipinski definition) is 7. The number of H-pyrrole nitrogens is 1. The Morgan fingerprint density at radius 3 is 2.84 bits per heavy atom. The third-order valence-electron chi connectivity index (χ3n) is 2.34. The Hall–Kier alpha value is -1.93. The Balaban J connectivity index is 1.59. The van der Waals surface area contributed by atoms with Crippen LogP contribution in [0.3, 0.4) is 0 Å². The Labute approximate surface area is 117 Å². The van der Waals surface area contributed by atoms with Crippen LogP contribution in [0.5, 0.6) is 0 Å². The fourth-order valence-electron chi connectivity index (χ4n) is 1.45. The SMILES string of the molecule is c1n[nH]c(Sc2ccc(NCc3csnn3)cc2)n1. The third-order valence-corrected chi connectivity index (χ3v) is 3.79. The van der Waals surface area contributed by atoms with Gasteiger partial charge < -0.3 is 5.32 Å². The van der Waals surface area contributed by atoms with Crippen LogP contribution in [0.2, 0.25) is 0 Å². The first kappa shape index (κ1) is 12.1. The van der Waals surface area contributed by atoms with Crippen LogP contribution < -0.4 is 5.32 Å². The maximum atomic E-state index is 4.07. The topological polar surface area (TPSA) is 79.4 Å². The van der Waals surface area contributed by atoms with Gasteiger partial charge in [-0.15, -0.1) is 5.10 Å². The van der Waals surface area contributed by atoms with Crippen molar-refractivity contribution in [2.75, 3.05) is 5.32 Å². The highest BCUT2D eigenvalue weighted by Gasteiger charge is 2.01. The highest BCUT2D eigenvalue weighted by atomic mass is 32.2. The molecule has 19 heavy (non-hydrogen) atoms. The van der Waals surface area contributed by atoms with Crippen molar-refractivity contribution < 1.29 is 0 Å². The Morgan fingerprint density at radius 1 is 1.26 bits per heavy atom. The molecule has 2 heterocycles. The lowest BCUT2D eigenvalue weighted by Gasteiger charge is -2.04. The van der Waals surface area contributed by atoms with Gasteiger partial charge in [-0.1, -0.05) is 16.3 Å². The van der Waals surface area contributed by atoms with Crippen molar-refractivity contribution in [2.45, 2.75) is 16.6 Å². The van der Waals surface area contributed by atoms with Crippen LogP contribution in [0.4, 0.5) is 5.69 Å². The van der Waals surface area contributed by atoms with Gasteiger partial charge in [-0.3, -0.25) is 5.10 Å². The van der Waals surface area contributed by atoms with Gasteiger partial charge in [0.2, 0.25) is 0 Å². The standard InChI is InChI=1S/C11H10N6S2/c1-3-10(19-11-13-7-14-16-11)4-2-8(1)12-5-9-6-18-17-15-9/h1-4,6-7,12H,5H2,(H,13,14,16). The van der Waals surface area contributed by atoms with E-state index in [0.717, 1.165) is 21.4 Å². The van der Waals surface area contributed by atoms with E-state index < -0.39 is 0 Å². The molecule has 0 saturated heterocycles. The molecule has 96 valence electrons. The fourth-order valence-corrected chi connectivity index (χ4v) is 2.59. The lowest BCUT2D eigenvalue weighted by atomic mass is 10.3. The number of nitrogens with one attached hydrogen (secondary N) is 2. The molecular formula is C11H10N6S2. The van der Waals surface area contributed by atoms with Crippen molar-refractivity contribution in [1.82, 2.24) is 24.8 Å². The molecule has 0 spiro atoms. The van der Waals surface area contributed by atoms with Crippen molar-refractivity contribution in [3.63, 3.8) is 0 Å². The average molecular weight is 290 g/mol. The summed E-state index contributed by atoms with van der Waals surface area (Å²) in [6.07, 6.45) is 1.50. The summed E-state index contributed by atoms with van der Waals surface area (Å²) in [6, 6.07) is 8.13. The smallest absolute Gasteiger partial charge is 0.188 e. The van der Waals surface area contributed by atoms with Crippen LogP contribution in [0.15, 0.2) is 46.0 Å². The molecule has 0 atom stereocenters. The molecule has 0 aliphatic heterocycles. The normalized spacial score (nSPS) is 10.5. The minimum atomic E-state index is 0.686. The highest BCUT2D eigenvalue weighted by molar-refractivity contribution is 7.99. The summed E-state index contributed by atoms with van der Waals surface area (Å²) in [5, 5.41) is 16.6. The summed E-state index contributed by atoms with van der Waals surface area (Å²) in [4.78, 5) is 5.18. The molecule has 2 N–H and O–H groups in total. The van der Waals surface area contributed by atoms with E-state index in [1.807, 2.05) is 29.6 Å². The van der Waals surface area contributed by atoms with E-state index in [9.17, 15) is 0 Å². The summed E-state index contributed by atoms with van der Waals surface area (Å²) in [7, 11) is 0. The predicted molar refractivity (Wildman–Crippen MR) is 74.2 cm³/mol. The zero-order chi connectivity index (χ0) is 12.9. The second-order valence-electron chi connectivity index (χ2n) is 3.67. The first-order chi connectivity index (χ1) is 9.40. The van der Waals surface area contributed by atoms with Crippen LogP contribution in [0.25, 0.3) is 0 Å². The molecule has 0 aliphatic carbocycles. The number of nitrogens with zero attached hydrogens (tertiary/aromatic N) is 4. The second kappa shape index (κ2) is 5.81. The van der Waals surface area contributed by atoms with Crippen molar-refractivity contribution in [3.05, 3.63) is 41.7 Å². The van der Waals surface area contributed by atoms with Gasteiger partial charge in [-0.05, 0) is 35.8 Å². The van der Waals surface area contributed by atoms with Crippen molar-refractivity contribution >= 4 is 29.0 Å². The maximum absolute atomic E-state index is 4.07. The molecule has 8 heteroatoms. The molecule has 3 aromatic rings. The molecular weight excluding hydrogens is 280 g/mol. The largest absolute Gasteiger partial charge is 0.379 e. The van der Waals surface area contributed by atoms with Crippen molar-refractivity contribution in [1.29, 1.82) is 0 Å². The van der Waals surface area contributed by atoms with E-state index in [1.54, 1.807) is 11.8 Å². The maximum Gasteiger partial charge on any atom is 0.188 e. The van der Waals surface area contributed by atoms with Gasteiger partial charge in [0.15, 0.2) is 5.16 Å². The Morgan fingerprint density at radius 2 is 2.16 bits per heavy atom. The minimum absolute atomic E-state index is 0.686. The summed E-state index contributed by atoms with van der Waals surface area (Å²) in [5.74, 6) is 0. The average Bonchev–Trinajstić information content (AvgIpc) is 3.11. The summed E-state index contributed by atoms with van der Waals surface area (Å²) in [6.45, 7) is 0.686. The Kier molecular flexibility index (Phi) is 3.70. The predicted octanol–water partition coefficient (Wildman–Crippen LogP) is 2.42. The van der Waals surface area contributed by atoms with Gasteiger partial charge >= 0.3 is 0 Å². The zero-order valence-electron chi connectivity index (χ0n) is 9.78. The van der Waals surface area contributed by atoms with E-state index >= 15 is 0 Å². The first-order valence-corrected chi connectivity index (χ1v) is 7.18. The van der Waals surface area contributed by atoms with E-state index in [0.29, 0.717) is 6.54 Å². The van der Waals surface area contributed by atoms with E-state index in [-0.39, 0.29) is 0 Å². The summed E-state index contributed by atoms with van der Waals surface area (Å²) < 4.78 is 3.82. The van der Waals surface area contributed by atoms with Crippen LogP contribution in [-0.2, 0) is 6.54 Å². The molecule has 0 amide bonds. The molecule has 0 aliphatic rings. The molecule has 0 fully saturated rings. The molecule has 6 nitrogen and oxygen atoms in total. The number of aromatic nitrogens is 5. The van der Waals surface area contributed by atoms with Gasteiger partial charge in [-0.25, -0.2) is 4.98 Å². The molecule has 0 bridgehead atoms. The van der Waals surface area contributed by atoms with Gasteiger partial charge in [0.1, 0.15) is 6.33 Å². The molecule has 0 radical (unpaired) electrons. The lowest BCUT2D eigenvalue weighted by molar-refractivity contribution is 0.973. The van der Waals surface area contributed by atoms with Crippen molar-refractivity contribution in [2.24, 2.45) is 0 Å². The van der Waals surface area contributed by atoms with Crippen LogP contribution >= 0.6 is 23.3 Å². The number of anilines is 1. The highest BCUT2D eigenvalue weighted by Crippen LogP contribution is 2.25. The molecule has 3 rings (SSSR count). The zero-order valence-corrected chi connectivity index (χ0v) is 11.4. The Bertz CT molecular complexity index is 605. The third kappa shape index (κ3) is 3.30. The van der Waals surface area contributed by atoms with Gasteiger partial charge in [0.25, 0.3) is 0 Å². The summed E-state index contributed by atoms with van der Waals surface area (Å²) >= 11 is 2.90. The number of aromatic amines is 1. The van der Waals surface area contributed by atoms with E-state index in [2.05, 4.69) is 30.1 Å². The van der Waals surface area contributed by atoms with Crippen LogP contribution in [-0.4, -0.2) is 24.8 Å². The van der Waals surface area contributed by atoms with Gasteiger partial charge in [0, 0.05) is 16.0 Å².